The minimum Gasteiger partial charge on any atom is -0.477 e. The highest BCUT2D eigenvalue weighted by Crippen LogP contribution is 2.36. The quantitative estimate of drug-likeness (QED) is 0.721. The highest BCUT2D eigenvalue weighted by Gasteiger charge is 2.29. The van der Waals surface area contributed by atoms with Gasteiger partial charge in [-0.05, 0) is 38.0 Å². The molecular weight excluding hydrogens is 368 g/mol. The summed E-state index contributed by atoms with van der Waals surface area (Å²) in [5.74, 6) is -3.16. The van der Waals surface area contributed by atoms with Crippen LogP contribution in [0.5, 0.6) is 0 Å². The lowest BCUT2D eigenvalue weighted by Gasteiger charge is -2.27. The zero-order valence-electron chi connectivity index (χ0n) is 15.0. The first-order valence-corrected chi connectivity index (χ1v) is 8.91. The Kier molecular flexibility index (Phi) is 4.33. The predicted octanol–water partition coefficient (Wildman–Crippen LogP) is 3.49. The van der Waals surface area contributed by atoms with Crippen LogP contribution in [-0.4, -0.2) is 20.6 Å². The van der Waals surface area contributed by atoms with Crippen LogP contribution >= 0.6 is 0 Å². The second-order valence-corrected chi connectivity index (χ2v) is 6.68. The SMILES string of the molecule is CCn1cc(C(=O)O)c(=O)c2cc(F)c(C3CCc4ncccc4N3)c(F)c21. The Morgan fingerprint density at radius 2 is 2.21 bits per heavy atom. The van der Waals surface area contributed by atoms with Gasteiger partial charge in [0.15, 0.2) is 5.82 Å². The van der Waals surface area contributed by atoms with E-state index in [4.69, 9.17) is 0 Å². The van der Waals surface area contributed by atoms with Crippen LogP contribution in [0.4, 0.5) is 14.5 Å². The number of nitrogens with one attached hydrogen (secondary N) is 1. The number of carboxylic acid groups (broad SMARTS) is 1. The number of aromatic carboxylic acids is 1. The second-order valence-electron chi connectivity index (χ2n) is 6.68. The first-order chi connectivity index (χ1) is 13.4. The summed E-state index contributed by atoms with van der Waals surface area (Å²) in [5.41, 5.74) is -0.123. The monoisotopic (exact) mass is 385 g/mol. The van der Waals surface area contributed by atoms with Crippen LogP contribution in [0.15, 0.2) is 35.4 Å². The zero-order chi connectivity index (χ0) is 20.0. The van der Waals surface area contributed by atoms with Crippen molar-refractivity contribution < 1.29 is 18.7 Å². The van der Waals surface area contributed by atoms with E-state index < -0.39 is 34.6 Å². The molecule has 1 aliphatic rings. The highest BCUT2D eigenvalue weighted by molar-refractivity contribution is 5.93. The fraction of sp³-hybridized carbons (Fsp3) is 0.250. The van der Waals surface area contributed by atoms with Crippen molar-refractivity contribution in [3.05, 3.63) is 69.3 Å². The summed E-state index contributed by atoms with van der Waals surface area (Å²) in [6.07, 6.45) is 3.76. The first-order valence-electron chi connectivity index (χ1n) is 8.91. The van der Waals surface area contributed by atoms with Gasteiger partial charge in [-0.3, -0.25) is 9.78 Å². The van der Waals surface area contributed by atoms with Gasteiger partial charge in [0, 0.05) is 24.5 Å². The van der Waals surface area contributed by atoms with Crippen LogP contribution < -0.4 is 10.7 Å². The van der Waals surface area contributed by atoms with Crippen LogP contribution in [-0.2, 0) is 13.0 Å². The second kappa shape index (κ2) is 6.70. The number of fused-ring (bicyclic) bond motifs is 2. The molecule has 4 rings (SSSR count). The molecule has 0 radical (unpaired) electrons. The van der Waals surface area contributed by atoms with Crippen molar-refractivity contribution in [2.45, 2.75) is 32.4 Å². The van der Waals surface area contributed by atoms with Crippen LogP contribution in [0.2, 0.25) is 0 Å². The molecule has 3 aromatic rings. The van der Waals surface area contributed by atoms with Gasteiger partial charge in [-0.2, -0.15) is 0 Å². The molecule has 1 aromatic carbocycles. The van der Waals surface area contributed by atoms with E-state index in [0.717, 1.165) is 18.0 Å². The molecule has 2 N–H and O–H groups in total. The Morgan fingerprint density at radius 3 is 2.93 bits per heavy atom. The van der Waals surface area contributed by atoms with E-state index >= 15 is 4.39 Å². The number of rotatable bonds is 3. The number of pyridine rings is 2. The number of aryl methyl sites for hydroxylation is 2. The molecule has 0 aliphatic carbocycles. The molecule has 8 heteroatoms. The Labute approximate surface area is 158 Å². The van der Waals surface area contributed by atoms with Crippen molar-refractivity contribution in [1.82, 2.24) is 9.55 Å². The van der Waals surface area contributed by atoms with E-state index in [1.54, 1.807) is 25.3 Å². The Bertz CT molecular complexity index is 1170. The van der Waals surface area contributed by atoms with E-state index in [1.807, 2.05) is 0 Å². The lowest BCUT2D eigenvalue weighted by Crippen LogP contribution is -2.24. The van der Waals surface area contributed by atoms with Gasteiger partial charge >= 0.3 is 5.97 Å². The summed E-state index contributed by atoms with van der Waals surface area (Å²) in [6.45, 7) is 1.92. The van der Waals surface area contributed by atoms with Gasteiger partial charge in [0.2, 0.25) is 5.43 Å². The van der Waals surface area contributed by atoms with E-state index in [0.29, 0.717) is 18.5 Å². The maximum Gasteiger partial charge on any atom is 0.341 e. The number of benzene rings is 1. The third kappa shape index (κ3) is 2.72. The molecule has 6 nitrogen and oxygen atoms in total. The van der Waals surface area contributed by atoms with Gasteiger partial charge in [-0.25, -0.2) is 13.6 Å². The van der Waals surface area contributed by atoms with Crippen molar-refractivity contribution in [2.75, 3.05) is 5.32 Å². The highest BCUT2D eigenvalue weighted by atomic mass is 19.1. The summed E-state index contributed by atoms with van der Waals surface area (Å²) < 4.78 is 31.7. The molecule has 1 aliphatic heterocycles. The van der Waals surface area contributed by atoms with Crippen molar-refractivity contribution in [3.63, 3.8) is 0 Å². The van der Waals surface area contributed by atoms with Crippen molar-refractivity contribution >= 4 is 22.6 Å². The fourth-order valence-electron chi connectivity index (χ4n) is 3.75. The maximum atomic E-state index is 15.4. The molecular formula is C20H17F2N3O3. The molecule has 28 heavy (non-hydrogen) atoms. The molecule has 0 spiro atoms. The molecule has 0 bridgehead atoms. The van der Waals surface area contributed by atoms with Crippen LogP contribution in [0.25, 0.3) is 10.9 Å². The molecule has 1 atom stereocenters. The number of aromatic nitrogens is 2. The zero-order valence-corrected chi connectivity index (χ0v) is 15.0. The molecule has 144 valence electrons. The Hall–Kier alpha value is -3.29. The minimum absolute atomic E-state index is 0.0901. The van der Waals surface area contributed by atoms with Crippen molar-refractivity contribution in [1.29, 1.82) is 0 Å². The van der Waals surface area contributed by atoms with Gasteiger partial charge < -0.3 is 15.0 Å². The fourth-order valence-corrected chi connectivity index (χ4v) is 3.75. The summed E-state index contributed by atoms with van der Waals surface area (Å²) >= 11 is 0. The number of hydrogen-bond donors (Lipinski definition) is 2. The number of carboxylic acids is 1. The Balaban J connectivity index is 1.93. The van der Waals surface area contributed by atoms with Crippen LogP contribution in [0.1, 0.15) is 41.0 Å². The standard InChI is InChI=1S/C20H17F2N3O3/c1-2-25-9-11(20(27)28)19(26)10-8-12(21)16(17(22)18(10)25)15-6-5-13-14(24-15)4-3-7-23-13/h3-4,7-9,15,24H,2,5-6H2,1H3,(H,27,28). The topological polar surface area (TPSA) is 84.2 Å². The largest absolute Gasteiger partial charge is 0.477 e. The van der Waals surface area contributed by atoms with Gasteiger partial charge in [0.1, 0.15) is 11.4 Å². The summed E-state index contributed by atoms with van der Waals surface area (Å²) in [7, 11) is 0. The lowest BCUT2D eigenvalue weighted by atomic mass is 9.94. The van der Waals surface area contributed by atoms with E-state index in [-0.39, 0.29) is 23.0 Å². The van der Waals surface area contributed by atoms with Crippen LogP contribution in [0.3, 0.4) is 0 Å². The van der Waals surface area contributed by atoms with Gasteiger partial charge in [-0.1, -0.05) is 0 Å². The third-order valence-electron chi connectivity index (χ3n) is 5.10. The smallest absolute Gasteiger partial charge is 0.341 e. The number of nitrogens with zero attached hydrogens (tertiary/aromatic N) is 2. The number of hydrogen-bond acceptors (Lipinski definition) is 4. The van der Waals surface area contributed by atoms with Crippen LogP contribution in [0, 0.1) is 11.6 Å². The average Bonchev–Trinajstić information content (AvgIpc) is 2.68. The van der Waals surface area contributed by atoms with Crippen molar-refractivity contribution in [2.24, 2.45) is 0 Å². The summed E-state index contributed by atoms with van der Waals surface area (Å²) in [4.78, 5) is 28.0. The molecule has 0 fully saturated rings. The Morgan fingerprint density at radius 1 is 1.43 bits per heavy atom. The molecule has 3 heterocycles. The van der Waals surface area contributed by atoms with E-state index in [9.17, 15) is 19.1 Å². The average molecular weight is 385 g/mol. The maximum absolute atomic E-state index is 15.4. The summed E-state index contributed by atoms with van der Waals surface area (Å²) in [5, 5.41) is 12.1. The molecule has 0 saturated carbocycles. The summed E-state index contributed by atoms with van der Waals surface area (Å²) in [6, 6.07) is 3.85. The minimum atomic E-state index is -1.43. The molecule has 0 saturated heterocycles. The van der Waals surface area contributed by atoms with E-state index in [2.05, 4.69) is 10.3 Å². The number of halogens is 2. The normalized spacial score (nSPS) is 15.9. The van der Waals surface area contributed by atoms with Crippen molar-refractivity contribution in [3.8, 4) is 0 Å². The predicted molar refractivity (Wildman–Crippen MR) is 99.7 cm³/mol. The van der Waals surface area contributed by atoms with Gasteiger partial charge in [0.05, 0.1) is 28.3 Å². The molecule has 2 aromatic heterocycles. The van der Waals surface area contributed by atoms with Gasteiger partial charge in [-0.15, -0.1) is 0 Å². The third-order valence-corrected chi connectivity index (χ3v) is 5.10. The molecule has 1 unspecified atom stereocenters. The first kappa shape index (κ1) is 18.1. The number of carbonyl (C=O) groups is 1. The molecule has 0 amide bonds. The lowest BCUT2D eigenvalue weighted by molar-refractivity contribution is 0.0695. The number of anilines is 1. The van der Waals surface area contributed by atoms with Gasteiger partial charge in [0.25, 0.3) is 0 Å². The van der Waals surface area contributed by atoms with E-state index in [1.165, 1.54) is 4.57 Å².